The van der Waals surface area contributed by atoms with Crippen molar-refractivity contribution in [2.75, 3.05) is 6.61 Å². The van der Waals surface area contributed by atoms with E-state index in [2.05, 4.69) is 6.07 Å². The van der Waals surface area contributed by atoms with Gasteiger partial charge in [-0.1, -0.05) is 54.6 Å². The molecule has 1 heterocycles. The number of carbonyl (C=O) groups is 1. The Bertz CT molecular complexity index is 636. The third-order valence-corrected chi connectivity index (χ3v) is 3.88. The van der Waals surface area contributed by atoms with Crippen LogP contribution in [0.5, 0.6) is 0 Å². The van der Waals surface area contributed by atoms with Crippen LogP contribution < -0.4 is 0 Å². The number of hydrogen-bond donors (Lipinski definition) is 0. The maximum Gasteiger partial charge on any atom is 0.343 e. The zero-order valence-corrected chi connectivity index (χ0v) is 12.0. The predicted molar refractivity (Wildman–Crippen MR) is 79.7 cm³/mol. The fourth-order valence-corrected chi connectivity index (χ4v) is 2.78. The number of esters is 1. The first-order valence-corrected chi connectivity index (χ1v) is 7.20. The minimum absolute atomic E-state index is 0.314. The van der Waals surface area contributed by atoms with Gasteiger partial charge in [0.05, 0.1) is 13.2 Å². The summed E-state index contributed by atoms with van der Waals surface area (Å²) in [6, 6.07) is 17.7. The van der Waals surface area contributed by atoms with E-state index in [1.54, 1.807) is 0 Å². The first kappa shape index (κ1) is 13.8. The van der Waals surface area contributed by atoms with Crippen molar-refractivity contribution in [1.29, 1.82) is 0 Å². The van der Waals surface area contributed by atoms with Gasteiger partial charge in [-0.15, -0.1) is 0 Å². The molecule has 1 aliphatic rings. The van der Waals surface area contributed by atoms with Gasteiger partial charge >= 0.3 is 5.97 Å². The highest BCUT2D eigenvalue weighted by Gasteiger charge is 2.45. The van der Waals surface area contributed by atoms with Gasteiger partial charge < -0.3 is 9.47 Å². The van der Waals surface area contributed by atoms with E-state index < -0.39 is 5.60 Å². The largest absolute Gasteiger partial charge is 0.464 e. The van der Waals surface area contributed by atoms with E-state index in [0.29, 0.717) is 19.6 Å². The average Bonchev–Trinajstić information content (AvgIpc) is 2.55. The molecule has 0 saturated heterocycles. The molecule has 0 spiro atoms. The second-order valence-corrected chi connectivity index (χ2v) is 5.15. The molecule has 1 aliphatic heterocycles. The summed E-state index contributed by atoms with van der Waals surface area (Å²) in [4.78, 5) is 12.6. The fourth-order valence-electron chi connectivity index (χ4n) is 2.78. The van der Waals surface area contributed by atoms with Crippen molar-refractivity contribution in [2.24, 2.45) is 0 Å². The van der Waals surface area contributed by atoms with Gasteiger partial charge in [-0.05, 0) is 23.6 Å². The Morgan fingerprint density at radius 3 is 2.48 bits per heavy atom. The molecule has 0 saturated carbocycles. The molecule has 0 bridgehead atoms. The summed E-state index contributed by atoms with van der Waals surface area (Å²) in [5, 5.41) is 0. The summed E-state index contributed by atoms with van der Waals surface area (Å²) in [6.07, 6.45) is 0.506. The smallest absolute Gasteiger partial charge is 0.343 e. The van der Waals surface area contributed by atoms with Crippen molar-refractivity contribution in [3.8, 4) is 0 Å². The Morgan fingerprint density at radius 2 is 1.76 bits per heavy atom. The van der Waals surface area contributed by atoms with Crippen molar-refractivity contribution in [2.45, 2.75) is 25.6 Å². The molecule has 3 heteroatoms. The van der Waals surface area contributed by atoms with Crippen LogP contribution >= 0.6 is 0 Å². The molecule has 1 unspecified atom stereocenters. The lowest BCUT2D eigenvalue weighted by molar-refractivity contribution is -0.178. The summed E-state index contributed by atoms with van der Waals surface area (Å²) in [5.74, 6) is -0.314. The topological polar surface area (TPSA) is 35.5 Å². The van der Waals surface area contributed by atoms with Gasteiger partial charge in [-0.3, -0.25) is 0 Å². The number of fused-ring (bicyclic) bond motifs is 1. The Kier molecular flexibility index (Phi) is 3.76. The van der Waals surface area contributed by atoms with Crippen molar-refractivity contribution >= 4 is 5.97 Å². The number of benzene rings is 2. The molecule has 2 aromatic carbocycles. The van der Waals surface area contributed by atoms with Gasteiger partial charge in [0.25, 0.3) is 0 Å². The van der Waals surface area contributed by atoms with Crippen LogP contribution in [-0.4, -0.2) is 12.6 Å². The Balaban J connectivity index is 2.05. The van der Waals surface area contributed by atoms with Crippen LogP contribution in [-0.2, 0) is 32.9 Å². The fraction of sp³-hybridized carbons (Fsp3) is 0.278. The summed E-state index contributed by atoms with van der Waals surface area (Å²) in [6.45, 7) is 2.58. The molecule has 1 atom stereocenters. The molecule has 0 amide bonds. The molecule has 3 rings (SSSR count). The van der Waals surface area contributed by atoms with E-state index in [4.69, 9.17) is 9.47 Å². The Morgan fingerprint density at radius 1 is 1.10 bits per heavy atom. The van der Waals surface area contributed by atoms with Crippen LogP contribution in [0.25, 0.3) is 0 Å². The molecule has 3 nitrogen and oxygen atoms in total. The van der Waals surface area contributed by atoms with E-state index >= 15 is 0 Å². The third kappa shape index (κ3) is 2.45. The van der Waals surface area contributed by atoms with Gasteiger partial charge in [0.15, 0.2) is 5.60 Å². The highest BCUT2D eigenvalue weighted by molar-refractivity contribution is 5.82. The zero-order valence-electron chi connectivity index (χ0n) is 12.0. The quantitative estimate of drug-likeness (QED) is 0.811. The SMILES string of the molecule is CCOC(=O)C1(c2ccccc2)Cc2ccccc2CO1. The summed E-state index contributed by atoms with van der Waals surface area (Å²) >= 11 is 0. The van der Waals surface area contributed by atoms with Gasteiger partial charge in [0.1, 0.15) is 0 Å². The molecule has 0 aromatic heterocycles. The highest BCUT2D eigenvalue weighted by atomic mass is 16.6. The van der Waals surface area contributed by atoms with Crippen molar-refractivity contribution in [3.63, 3.8) is 0 Å². The Labute approximate surface area is 124 Å². The molecule has 0 aliphatic carbocycles. The van der Waals surface area contributed by atoms with Crippen LogP contribution in [0, 0.1) is 0 Å². The van der Waals surface area contributed by atoms with Gasteiger partial charge in [-0.25, -0.2) is 4.79 Å². The number of rotatable bonds is 3. The highest BCUT2D eigenvalue weighted by Crippen LogP contribution is 2.37. The second kappa shape index (κ2) is 5.70. The monoisotopic (exact) mass is 282 g/mol. The van der Waals surface area contributed by atoms with Crippen LogP contribution in [0.2, 0.25) is 0 Å². The summed E-state index contributed by atoms with van der Waals surface area (Å²) < 4.78 is 11.3. The van der Waals surface area contributed by atoms with E-state index in [9.17, 15) is 4.79 Å². The predicted octanol–water partition coefficient (Wildman–Crippen LogP) is 3.22. The van der Waals surface area contributed by atoms with Crippen LogP contribution in [0.4, 0.5) is 0 Å². The average molecular weight is 282 g/mol. The first-order chi connectivity index (χ1) is 10.3. The molecule has 0 N–H and O–H groups in total. The molecular formula is C18H18O3. The van der Waals surface area contributed by atoms with Gasteiger partial charge in [0, 0.05) is 6.42 Å². The van der Waals surface area contributed by atoms with Crippen LogP contribution in [0.1, 0.15) is 23.6 Å². The summed E-state index contributed by atoms with van der Waals surface area (Å²) in [5.41, 5.74) is 2.08. The Hall–Kier alpha value is -2.13. The number of carbonyl (C=O) groups excluding carboxylic acids is 1. The lowest BCUT2D eigenvalue weighted by atomic mass is 9.83. The maximum absolute atomic E-state index is 12.6. The summed E-state index contributed by atoms with van der Waals surface area (Å²) in [7, 11) is 0. The third-order valence-electron chi connectivity index (χ3n) is 3.88. The van der Waals surface area contributed by atoms with Crippen LogP contribution in [0.3, 0.4) is 0 Å². The lowest BCUT2D eigenvalue weighted by Gasteiger charge is -2.36. The minimum Gasteiger partial charge on any atom is -0.464 e. The van der Waals surface area contributed by atoms with Crippen molar-refractivity contribution in [1.82, 2.24) is 0 Å². The molecule has 0 fully saturated rings. The van der Waals surface area contributed by atoms with E-state index in [0.717, 1.165) is 16.7 Å². The normalized spacial score (nSPS) is 20.6. The second-order valence-electron chi connectivity index (χ2n) is 5.15. The van der Waals surface area contributed by atoms with E-state index in [-0.39, 0.29) is 5.97 Å². The van der Waals surface area contributed by atoms with E-state index in [1.807, 2.05) is 55.5 Å². The lowest BCUT2D eigenvalue weighted by Crippen LogP contribution is -2.44. The van der Waals surface area contributed by atoms with Gasteiger partial charge in [-0.2, -0.15) is 0 Å². The van der Waals surface area contributed by atoms with Crippen molar-refractivity contribution in [3.05, 3.63) is 71.3 Å². The minimum atomic E-state index is -1.04. The molecule has 2 aromatic rings. The van der Waals surface area contributed by atoms with Crippen molar-refractivity contribution < 1.29 is 14.3 Å². The van der Waals surface area contributed by atoms with Gasteiger partial charge in [0.2, 0.25) is 0 Å². The first-order valence-electron chi connectivity index (χ1n) is 7.20. The number of hydrogen-bond acceptors (Lipinski definition) is 3. The zero-order chi connectivity index (χ0) is 14.7. The molecule has 108 valence electrons. The van der Waals surface area contributed by atoms with E-state index in [1.165, 1.54) is 0 Å². The molecular weight excluding hydrogens is 264 g/mol. The maximum atomic E-state index is 12.6. The van der Waals surface area contributed by atoms with Crippen LogP contribution in [0.15, 0.2) is 54.6 Å². The molecule has 21 heavy (non-hydrogen) atoms. The number of ether oxygens (including phenoxy) is 2. The standard InChI is InChI=1S/C18H18O3/c1-2-20-17(19)18(16-10-4-3-5-11-16)12-14-8-6-7-9-15(14)13-21-18/h3-11H,2,12-13H2,1H3. The molecule has 0 radical (unpaired) electrons.